The van der Waals surface area contributed by atoms with Gasteiger partial charge in [-0.15, -0.1) is 0 Å². The number of likely N-dealkylation sites (N-methyl/N-ethyl adjacent to an activating group) is 1. The summed E-state index contributed by atoms with van der Waals surface area (Å²) in [5.74, 6) is -0.204. The first kappa shape index (κ1) is 21.5. The lowest BCUT2D eigenvalue weighted by Crippen LogP contribution is -2.29. The van der Waals surface area contributed by atoms with E-state index in [0.29, 0.717) is 28.9 Å². The molecule has 0 fully saturated rings. The van der Waals surface area contributed by atoms with E-state index in [1.54, 1.807) is 19.3 Å². The predicted molar refractivity (Wildman–Crippen MR) is 124 cm³/mol. The molecule has 0 aliphatic heterocycles. The minimum absolute atomic E-state index is 0.0245. The fraction of sp³-hybridized carbons (Fsp3) is 0.192. The fourth-order valence-electron chi connectivity index (χ4n) is 3.73. The number of rotatable bonds is 7. The number of carbonyl (C=O) groups is 2. The largest absolute Gasteiger partial charge is 0.395 e. The molecule has 4 aromatic rings. The zero-order chi connectivity index (χ0) is 22.7. The van der Waals surface area contributed by atoms with Crippen molar-refractivity contribution in [3.63, 3.8) is 0 Å². The molecule has 162 valence electrons. The molecule has 32 heavy (non-hydrogen) atoms. The Morgan fingerprint density at radius 3 is 2.59 bits per heavy atom. The summed E-state index contributed by atoms with van der Waals surface area (Å²) in [4.78, 5) is 31.7. The third kappa shape index (κ3) is 4.31. The smallest absolute Gasteiger partial charge is 0.255 e. The number of fused-ring (bicyclic) bond motifs is 1. The maximum atomic E-state index is 13.0. The van der Waals surface area contributed by atoms with E-state index in [-0.39, 0.29) is 24.8 Å². The maximum absolute atomic E-state index is 13.0. The predicted octanol–water partition coefficient (Wildman–Crippen LogP) is 3.69. The van der Waals surface area contributed by atoms with Crippen LogP contribution in [0.15, 0.2) is 73.1 Å². The van der Waals surface area contributed by atoms with Crippen molar-refractivity contribution in [1.82, 2.24) is 14.5 Å². The first-order valence-electron chi connectivity index (χ1n) is 10.5. The van der Waals surface area contributed by atoms with Crippen LogP contribution in [-0.4, -0.2) is 51.4 Å². The highest BCUT2D eigenvalue weighted by Gasteiger charge is 2.17. The lowest BCUT2D eigenvalue weighted by Gasteiger charge is -2.17. The molecule has 0 saturated carbocycles. The van der Waals surface area contributed by atoms with Crippen LogP contribution in [0.25, 0.3) is 10.9 Å². The minimum atomic E-state index is -0.179. The summed E-state index contributed by atoms with van der Waals surface area (Å²) in [6.45, 7) is 2.66. The van der Waals surface area contributed by atoms with Crippen molar-refractivity contribution in [1.29, 1.82) is 0 Å². The number of aliphatic hydroxyl groups is 1. The number of carbonyl (C=O) groups excluding carboxylic acids is 2. The monoisotopic (exact) mass is 427 g/mol. The molecule has 0 saturated heterocycles. The normalized spacial score (nSPS) is 11.0. The Balaban J connectivity index is 1.61. The van der Waals surface area contributed by atoms with Gasteiger partial charge in [0.2, 0.25) is 5.78 Å². The van der Waals surface area contributed by atoms with Gasteiger partial charge in [0.25, 0.3) is 5.91 Å². The molecule has 6 nitrogen and oxygen atoms in total. The van der Waals surface area contributed by atoms with E-state index in [0.717, 1.165) is 16.5 Å². The zero-order valence-corrected chi connectivity index (χ0v) is 18.2. The minimum Gasteiger partial charge on any atom is -0.395 e. The Bertz CT molecular complexity index is 1280. The Morgan fingerprint density at radius 2 is 1.84 bits per heavy atom. The SMILES string of the molecule is Cc1ccc(C(=O)c2cccn2Cc2cnc3c(C(=O)N(C)CCO)cccc3c2)cc1. The Hall–Kier alpha value is -3.77. The van der Waals surface area contributed by atoms with Gasteiger partial charge in [0, 0.05) is 43.5 Å². The molecule has 0 aliphatic carbocycles. The van der Waals surface area contributed by atoms with E-state index in [9.17, 15) is 9.59 Å². The Kier molecular flexibility index (Phi) is 6.14. The molecule has 1 N–H and O–H groups in total. The number of ketones is 1. The summed E-state index contributed by atoms with van der Waals surface area (Å²) in [6.07, 6.45) is 3.63. The van der Waals surface area contributed by atoms with Gasteiger partial charge in [0.1, 0.15) is 0 Å². The number of aryl methyl sites for hydroxylation is 1. The van der Waals surface area contributed by atoms with Crippen LogP contribution in [0.2, 0.25) is 0 Å². The quantitative estimate of drug-likeness (QED) is 0.457. The molecule has 2 heterocycles. The number of benzene rings is 2. The number of hydrogen-bond donors (Lipinski definition) is 1. The summed E-state index contributed by atoms with van der Waals surface area (Å²) in [6, 6.07) is 18.7. The van der Waals surface area contributed by atoms with Crippen molar-refractivity contribution in [2.75, 3.05) is 20.2 Å². The molecule has 0 bridgehead atoms. The second-order valence-electron chi connectivity index (χ2n) is 7.89. The van der Waals surface area contributed by atoms with Gasteiger partial charge < -0.3 is 14.6 Å². The Labute approximate surface area is 186 Å². The fourth-order valence-corrected chi connectivity index (χ4v) is 3.73. The number of pyridine rings is 1. The maximum Gasteiger partial charge on any atom is 0.255 e. The number of aromatic nitrogens is 2. The third-order valence-electron chi connectivity index (χ3n) is 5.51. The second-order valence-corrected chi connectivity index (χ2v) is 7.89. The van der Waals surface area contributed by atoms with Gasteiger partial charge in [-0.25, -0.2) is 0 Å². The summed E-state index contributed by atoms with van der Waals surface area (Å²) >= 11 is 0. The number of para-hydroxylation sites is 1. The summed E-state index contributed by atoms with van der Waals surface area (Å²) in [5, 5.41) is 9.97. The summed E-state index contributed by atoms with van der Waals surface area (Å²) in [7, 11) is 1.66. The third-order valence-corrected chi connectivity index (χ3v) is 5.51. The second kappa shape index (κ2) is 9.16. The van der Waals surface area contributed by atoms with Gasteiger partial charge >= 0.3 is 0 Å². The molecule has 0 unspecified atom stereocenters. The molecule has 0 spiro atoms. The van der Waals surface area contributed by atoms with Crippen molar-refractivity contribution in [2.45, 2.75) is 13.5 Å². The van der Waals surface area contributed by atoms with E-state index in [1.165, 1.54) is 4.90 Å². The highest BCUT2D eigenvalue weighted by Crippen LogP contribution is 2.21. The average Bonchev–Trinajstić information content (AvgIpc) is 3.26. The van der Waals surface area contributed by atoms with Crippen molar-refractivity contribution in [3.05, 3.63) is 101 Å². The van der Waals surface area contributed by atoms with Gasteiger partial charge in [-0.2, -0.15) is 0 Å². The van der Waals surface area contributed by atoms with E-state index < -0.39 is 0 Å². The van der Waals surface area contributed by atoms with Crippen LogP contribution in [-0.2, 0) is 6.54 Å². The van der Waals surface area contributed by atoms with Gasteiger partial charge in [0.15, 0.2) is 0 Å². The molecule has 2 aromatic heterocycles. The topological polar surface area (TPSA) is 75.4 Å². The standard InChI is InChI=1S/C26H25N3O3/c1-18-8-10-20(11-9-18)25(31)23-7-4-12-29(23)17-19-15-21-5-3-6-22(24(21)27-16-19)26(32)28(2)13-14-30/h3-12,15-16,30H,13-14,17H2,1-2H3. The van der Waals surface area contributed by atoms with Crippen molar-refractivity contribution < 1.29 is 14.7 Å². The first-order valence-corrected chi connectivity index (χ1v) is 10.5. The highest BCUT2D eigenvalue weighted by atomic mass is 16.3. The van der Waals surface area contributed by atoms with Gasteiger partial charge in [-0.05, 0) is 36.8 Å². The molecule has 0 radical (unpaired) electrons. The van der Waals surface area contributed by atoms with Gasteiger partial charge in [-0.3, -0.25) is 14.6 Å². The molecular formula is C26H25N3O3. The van der Waals surface area contributed by atoms with E-state index in [4.69, 9.17) is 5.11 Å². The van der Waals surface area contributed by atoms with E-state index >= 15 is 0 Å². The number of aliphatic hydroxyl groups excluding tert-OH is 1. The van der Waals surface area contributed by atoms with Crippen LogP contribution in [0, 0.1) is 6.92 Å². The van der Waals surface area contributed by atoms with Crippen LogP contribution < -0.4 is 0 Å². The van der Waals surface area contributed by atoms with Crippen LogP contribution in [0.3, 0.4) is 0 Å². The van der Waals surface area contributed by atoms with E-state index in [2.05, 4.69) is 4.98 Å². The zero-order valence-electron chi connectivity index (χ0n) is 18.2. The Morgan fingerprint density at radius 1 is 1.06 bits per heavy atom. The molecule has 4 rings (SSSR count). The van der Waals surface area contributed by atoms with Crippen molar-refractivity contribution in [2.24, 2.45) is 0 Å². The molecule has 0 atom stereocenters. The van der Waals surface area contributed by atoms with Crippen LogP contribution in [0.1, 0.15) is 37.5 Å². The lowest BCUT2D eigenvalue weighted by atomic mass is 10.1. The molecule has 2 aromatic carbocycles. The van der Waals surface area contributed by atoms with Crippen molar-refractivity contribution in [3.8, 4) is 0 Å². The van der Waals surface area contributed by atoms with Crippen molar-refractivity contribution >= 4 is 22.6 Å². The summed E-state index contributed by atoms with van der Waals surface area (Å²) < 4.78 is 1.91. The van der Waals surface area contributed by atoms with Crippen LogP contribution >= 0.6 is 0 Å². The van der Waals surface area contributed by atoms with Crippen LogP contribution in [0.4, 0.5) is 0 Å². The number of nitrogens with zero attached hydrogens (tertiary/aromatic N) is 3. The highest BCUT2D eigenvalue weighted by molar-refractivity contribution is 6.08. The number of amides is 1. The average molecular weight is 428 g/mol. The summed E-state index contributed by atoms with van der Waals surface area (Å²) in [5.41, 5.74) is 4.43. The molecule has 0 aliphatic rings. The molecular weight excluding hydrogens is 402 g/mol. The van der Waals surface area contributed by atoms with Crippen LogP contribution in [0.5, 0.6) is 0 Å². The van der Waals surface area contributed by atoms with Gasteiger partial charge in [-0.1, -0.05) is 42.0 Å². The molecule has 6 heteroatoms. The number of hydrogen-bond acceptors (Lipinski definition) is 4. The molecule has 1 amide bonds. The van der Waals surface area contributed by atoms with Gasteiger partial charge in [0.05, 0.1) is 23.4 Å². The first-order chi connectivity index (χ1) is 15.5. The lowest BCUT2D eigenvalue weighted by molar-refractivity contribution is 0.0768. The van der Waals surface area contributed by atoms with E-state index in [1.807, 2.05) is 72.3 Å².